The predicted octanol–water partition coefficient (Wildman–Crippen LogP) is 4.51. The lowest BCUT2D eigenvalue weighted by Crippen LogP contribution is -2.29. The Balaban J connectivity index is 2.15. The van der Waals surface area contributed by atoms with Crippen molar-refractivity contribution in [3.05, 3.63) is 59.7 Å². The summed E-state index contributed by atoms with van der Waals surface area (Å²) < 4.78 is 134. The lowest BCUT2D eigenvalue weighted by Gasteiger charge is -2.19. The molecule has 0 saturated carbocycles. The molecular weight excluding hydrogens is 518 g/mol. The van der Waals surface area contributed by atoms with Gasteiger partial charge in [-0.25, -0.2) is 0 Å². The van der Waals surface area contributed by atoms with E-state index in [9.17, 15) is 48.0 Å². The summed E-state index contributed by atoms with van der Waals surface area (Å²) in [5, 5.41) is -1.16. The van der Waals surface area contributed by atoms with Crippen LogP contribution < -0.4 is 8.37 Å². The summed E-state index contributed by atoms with van der Waals surface area (Å²) in [6.45, 7) is 0. The monoisotopic (exact) mass is 526 g/mol. The second-order valence-corrected chi connectivity index (χ2v) is 9.87. The van der Waals surface area contributed by atoms with Gasteiger partial charge in [-0.05, 0) is 5.56 Å². The Kier molecular flexibility index (Phi) is 5.14. The summed E-state index contributed by atoms with van der Waals surface area (Å²) in [6, 6.07) is 9.18. The fourth-order valence-corrected chi connectivity index (χ4v) is 4.34. The minimum absolute atomic E-state index is 0.199. The highest BCUT2D eigenvalue weighted by atomic mass is 32.2. The normalized spacial score (nSPS) is 14.1. The molecule has 0 aromatic heterocycles. The third-order valence-corrected chi connectivity index (χ3v) is 6.65. The number of benzene rings is 3. The largest absolute Gasteiger partial charge is 0.534 e. The van der Waals surface area contributed by atoms with Crippen molar-refractivity contribution in [3.8, 4) is 22.6 Å². The summed E-state index contributed by atoms with van der Waals surface area (Å²) in [6.07, 6.45) is 0. The molecular formula is C19H8F6O7S2. The zero-order valence-electron chi connectivity index (χ0n) is 16.1. The number of alkyl halides is 6. The second-order valence-electron chi connectivity index (χ2n) is 6.79. The third kappa shape index (κ3) is 3.55. The van der Waals surface area contributed by atoms with Gasteiger partial charge in [0.1, 0.15) is 0 Å². The van der Waals surface area contributed by atoms with E-state index in [0.717, 1.165) is 24.3 Å². The van der Waals surface area contributed by atoms with Crippen LogP contribution in [0.2, 0.25) is 0 Å². The quantitative estimate of drug-likeness (QED) is 0.219. The van der Waals surface area contributed by atoms with Gasteiger partial charge in [-0.1, -0.05) is 48.5 Å². The molecule has 4 rings (SSSR count). The molecule has 0 aliphatic heterocycles. The Labute approximate surface area is 186 Å². The average Bonchev–Trinajstić information content (AvgIpc) is 3.01. The Morgan fingerprint density at radius 2 is 0.971 bits per heavy atom. The van der Waals surface area contributed by atoms with Crippen LogP contribution in [0.1, 0.15) is 15.9 Å². The first-order valence-corrected chi connectivity index (χ1v) is 11.6. The molecule has 0 spiro atoms. The first kappa shape index (κ1) is 23.8. The van der Waals surface area contributed by atoms with E-state index < -0.39 is 70.4 Å². The first-order chi connectivity index (χ1) is 15.6. The summed E-state index contributed by atoms with van der Waals surface area (Å²) in [4.78, 5) is 13.0. The van der Waals surface area contributed by atoms with Crippen molar-refractivity contribution < 1.29 is 56.3 Å². The topological polar surface area (TPSA) is 104 Å². The molecule has 0 unspecified atom stereocenters. The minimum Gasteiger partial charge on any atom is -0.375 e. The average molecular weight is 526 g/mol. The molecule has 0 amide bonds. The number of ketones is 1. The van der Waals surface area contributed by atoms with Crippen molar-refractivity contribution in [2.75, 3.05) is 0 Å². The number of fused-ring (bicyclic) bond motifs is 4. The van der Waals surface area contributed by atoms with E-state index in [2.05, 4.69) is 8.37 Å². The van der Waals surface area contributed by atoms with E-state index in [0.29, 0.717) is 0 Å². The third-order valence-electron chi connectivity index (χ3n) is 4.74. The van der Waals surface area contributed by atoms with Crippen molar-refractivity contribution in [2.24, 2.45) is 0 Å². The van der Waals surface area contributed by atoms with Crippen LogP contribution in [0.5, 0.6) is 11.5 Å². The van der Waals surface area contributed by atoms with Gasteiger partial charge in [0.2, 0.25) is 0 Å². The van der Waals surface area contributed by atoms with Crippen LogP contribution in [0, 0.1) is 0 Å². The fourth-order valence-electron chi connectivity index (χ4n) is 3.37. The Bertz CT molecular complexity index is 1570. The number of hydrogen-bond acceptors (Lipinski definition) is 7. The standard InChI is InChI=1S/C19H8F6O7S2/c20-18(21,22)33(27,28)31-16-11-7-3-4-8-12(11)17(32-34(29,30)19(23,24)25)14-13(16)9-5-1-2-6-10(9)15(14)26/h1-8H. The maximum atomic E-state index is 13.1. The van der Waals surface area contributed by atoms with E-state index in [-0.39, 0.29) is 11.1 Å². The predicted molar refractivity (Wildman–Crippen MR) is 104 cm³/mol. The van der Waals surface area contributed by atoms with Crippen LogP contribution in [0.15, 0.2) is 48.5 Å². The highest BCUT2D eigenvalue weighted by Crippen LogP contribution is 2.53. The molecule has 0 atom stereocenters. The van der Waals surface area contributed by atoms with Crippen LogP contribution in [-0.2, 0) is 20.2 Å². The zero-order valence-corrected chi connectivity index (χ0v) is 17.7. The molecule has 0 radical (unpaired) electrons. The molecule has 34 heavy (non-hydrogen) atoms. The van der Waals surface area contributed by atoms with Gasteiger partial charge in [0.15, 0.2) is 17.3 Å². The molecule has 180 valence electrons. The molecule has 0 fully saturated rings. The maximum Gasteiger partial charge on any atom is 0.534 e. The van der Waals surface area contributed by atoms with Crippen LogP contribution in [0.4, 0.5) is 26.3 Å². The molecule has 0 N–H and O–H groups in total. The van der Waals surface area contributed by atoms with E-state index >= 15 is 0 Å². The van der Waals surface area contributed by atoms with Crippen LogP contribution >= 0.6 is 0 Å². The van der Waals surface area contributed by atoms with Gasteiger partial charge in [0, 0.05) is 21.9 Å². The van der Waals surface area contributed by atoms with Crippen LogP contribution in [0.25, 0.3) is 21.9 Å². The lowest BCUT2D eigenvalue weighted by atomic mass is 9.97. The molecule has 3 aromatic carbocycles. The number of carbonyl (C=O) groups excluding carboxylic acids is 1. The van der Waals surface area contributed by atoms with Crippen LogP contribution in [-0.4, -0.2) is 33.6 Å². The number of carbonyl (C=O) groups is 1. The molecule has 7 nitrogen and oxygen atoms in total. The molecule has 3 aromatic rings. The smallest absolute Gasteiger partial charge is 0.375 e. The van der Waals surface area contributed by atoms with Gasteiger partial charge in [0.25, 0.3) is 0 Å². The summed E-state index contributed by atoms with van der Waals surface area (Å²) >= 11 is 0. The highest BCUT2D eigenvalue weighted by Gasteiger charge is 2.52. The zero-order chi connectivity index (χ0) is 25.3. The fraction of sp³-hybridized carbons (Fsp3) is 0.105. The SMILES string of the molecule is O=C1c2ccccc2-c2c1c(OS(=O)(=O)C(F)(F)F)c1ccccc1c2OS(=O)(=O)C(F)(F)F. The van der Waals surface area contributed by atoms with Crippen molar-refractivity contribution in [1.82, 2.24) is 0 Å². The number of hydrogen-bond donors (Lipinski definition) is 0. The van der Waals surface area contributed by atoms with E-state index in [4.69, 9.17) is 0 Å². The first-order valence-electron chi connectivity index (χ1n) is 8.81. The summed E-state index contributed by atoms with van der Waals surface area (Å²) in [5.41, 5.74) is -13.8. The van der Waals surface area contributed by atoms with Crippen molar-refractivity contribution in [1.29, 1.82) is 0 Å². The lowest BCUT2D eigenvalue weighted by molar-refractivity contribution is -0.0505. The van der Waals surface area contributed by atoms with Gasteiger partial charge in [0.05, 0.1) is 5.56 Å². The van der Waals surface area contributed by atoms with Crippen LogP contribution in [0.3, 0.4) is 0 Å². The summed E-state index contributed by atoms with van der Waals surface area (Å²) in [5.74, 6) is -3.28. The molecule has 0 saturated heterocycles. The maximum absolute atomic E-state index is 13.1. The van der Waals surface area contributed by atoms with E-state index in [1.54, 1.807) is 0 Å². The second kappa shape index (κ2) is 7.33. The molecule has 1 aliphatic rings. The Morgan fingerprint density at radius 3 is 1.41 bits per heavy atom. The van der Waals surface area contributed by atoms with Gasteiger partial charge in [-0.15, -0.1) is 0 Å². The summed E-state index contributed by atoms with van der Waals surface area (Å²) in [7, 11) is -12.6. The number of halogens is 6. The van der Waals surface area contributed by atoms with Gasteiger partial charge in [-0.2, -0.15) is 43.2 Å². The van der Waals surface area contributed by atoms with Crippen molar-refractivity contribution >= 4 is 36.8 Å². The highest BCUT2D eigenvalue weighted by molar-refractivity contribution is 7.88. The van der Waals surface area contributed by atoms with E-state index in [1.165, 1.54) is 24.3 Å². The Hall–Kier alpha value is -3.33. The van der Waals surface area contributed by atoms with Gasteiger partial charge in [-0.3, -0.25) is 4.79 Å². The molecule has 15 heteroatoms. The van der Waals surface area contributed by atoms with Gasteiger partial charge >= 0.3 is 31.3 Å². The molecule has 0 heterocycles. The van der Waals surface area contributed by atoms with Crippen molar-refractivity contribution in [2.45, 2.75) is 11.0 Å². The van der Waals surface area contributed by atoms with Gasteiger partial charge < -0.3 is 8.37 Å². The van der Waals surface area contributed by atoms with Crippen molar-refractivity contribution in [3.63, 3.8) is 0 Å². The molecule has 1 aliphatic carbocycles. The Morgan fingerprint density at radius 1 is 0.588 bits per heavy atom. The van der Waals surface area contributed by atoms with E-state index in [1.807, 2.05) is 0 Å². The number of rotatable bonds is 4. The molecule has 0 bridgehead atoms. The minimum atomic E-state index is -6.34.